The van der Waals surface area contributed by atoms with Crippen molar-refractivity contribution in [1.82, 2.24) is 14.1 Å². The van der Waals surface area contributed by atoms with Gasteiger partial charge in [0, 0.05) is 0 Å². The zero-order valence-corrected chi connectivity index (χ0v) is 12.3. The molecule has 1 heterocycles. The van der Waals surface area contributed by atoms with Gasteiger partial charge in [0.1, 0.15) is 17.1 Å². The number of rotatable bonds is 7. The van der Waals surface area contributed by atoms with Crippen LogP contribution in [0.3, 0.4) is 0 Å². The molecule has 2 rings (SSSR count). The highest BCUT2D eigenvalue weighted by molar-refractivity contribution is 7.00. The summed E-state index contributed by atoms with van der Waals surface area (Å²) in [6.45, 7) is 1.83. The fourth-order valence-corrected chi connectivity index (χ4v) is 2.47. The van der Waals surface area contributed by atoms with E-state index >= 15 is 0 Å². The first-order valence-corrected chi connectivity index (χ1v) is 7.32. The van der Waals surface area contributed by atoms with E-state index in [1.807, 2.05) is 13.0 Å². The van der Waals surface area contributed by atoms with Crippen molar-refractivity contribution in [3.63, 3.8) is 0 Å². The molecular weight excluding hydrogens is 292 g/mol. The number of amides is 1. The molecule has 21 heavy (non-hydrogen) atoms. The quantitative estimate of drug-likeness (QED) is 0.715. The third kappa shape index (κ3) is 3.96. The van der Waals surface area contributed by atoms with Crippen LogP contribution in [0.5, 0.6) is 0 Å². The maximum Gasteiger partial charge on any atom is 0.320 e. The molecule has 112 valence electrons. The third-order valence-corrected chi connectivity index (χ3v) is 3.49. The molecule has 0 radical (unpaired) electrons. The van der Waals surface area contributed by atoms with E-state index in [0.29, 0.717) is 17.6 Å². The minimum absolute atomic E-state index is 0.0646. The molecule has 0 saturated carbocycles. The molecule has 0 aliphatic carbocycles. The van der Waals surface area contributed by atoms with Gasteiger partial charge in [-0.1, -0.05) is 19.4 Å². The van der Waals surface area contributed by atoms with E-state index in [4.69, 9.17) is 5.11 Å². The fraction of sp³-hybridized carbons (Fsp3) is 0.385. The molecule has 8 heteroatoms. The highest BCUT2D eigenvalue weighted by atomic mass is 32.1. The Balaban J connectivity index is 1.95. The number of hydrogen-bond acceptors (Lipinski definition) is 6. The van der Waals surface area contributed by atoms with Crippen LogP contribution in [0.25, 0.3) is 11.0 Å². The van der Waals surface area contributed by atoms with Crippen molar-refractivity contribution in [2.45, 2.75) is 25.8 Å². The molecular formula is C13H16N4O3S. The van der Waals surface area contributed by atoms with Gasteiger partial charge in [0.2, 0.25) is 5.91 Å². The summed E-state index contributed by atoms with van der Waals surface area (Å²) in [4.78, 5) is 22.9. The summed E-state index contributed by atoms with van der Waals surface area (Å²) < 4.78 is 8.22. The van der Waals surface area contributed by atoms with Crippen LogP contribution < -0.4 is 10.6 Å². The number of fused-ring (bicyclic) bond motifs is 1. The van der Waals surface area contributed by atoms with Crippen molar-refractivity contribution >= 4 is 40.3 Å². The summed E-state index contributed by atoms with van der Waals surface area (Å²) in [6.07, 6.45) is 1.21. The molecule has 0 aliphatic heterocycles. The largest absolute Gasteiger partial charge is 0.480 e. The average molecular weight is 308 g/mol. The lowest BCUT2D eigenvalue weighted by molar-refractivity contribution is -0.139. The smallest absolute Gasteiger partial charge is 0.320 e. The Hall–Kier alpha value is -2.06. The van der Waals surface area contributed by atoms with Gasteiger partial charge in [-0.2, -0.15) is 8.75 Å². The summed E-state index contributed by atoms with van der Waals surface area (Å²) in [5, 5.41) is 14.5. The zero-order chi connectivity index (χ0) is 15.2. The first-order valence-electron chi connectivity index (χ1n) is 6.59. The molecule has 3 N–H and O–H groups in total. The van der Waals surface area contributed by atoms with Crippen molar-refractivity contribution in [2.75, 3.05) is 11.9 Å². The van der Waals surface area contributed by atoms with Gasteiger partial charge in [-0.05, 0) is 18.6 Å². The highest BCUT2D eigenvalue weighted by Gasteiger charge is 2.17. The van der Waals surface area contributed by atoms with Crippen LogP contribution in [0.2, 0.25) is 0 Å². The maximum absolute atomic E-state index is 11.9. The number of aromatic nitrogens is 2. The molecule has 2 aromatic rings. The molecule has 0 saturated heterocycles. The minimum atomic E-state index is -0.949. The van der Waals surface area contributed by atoms with Gasteiger partial charge >= 0.3 is 5.97 Å². The van der Waals surface area contributed by atoms with E-state index in [1.54, 1.807) is 12.1 Å². The van der Waals surface area contributed by atoms with E-state index in [2.05, 4.69) is 19.4 Å². The van der Waals surface area contributed by atoms with E-state index in [-0.39, 0.29) is 12.5 Å². The number of carbonyl (C=O) groups excluding carboxylic acids is 1. The topological polar surface area (TPSA) is 104 Å². The Labute approximate surface area is 125 Å². The van der Waals surface area contributed by atoms with Gasteiger partial charge in [0.15, 0.2) is 0 Å². The Bertz CT molecular complexity index is 643. The summed E-state index contributed by atoms with van der Waals surface area (Å²) in [5.41, 5.74) is 1.94. The number of carboxylic acid groups (broad SMARTS) is 1. The SMILES string of the molecule is CCCC(NCC(=O)Nc1cccc2nsnc12)C(=O)O. The van der Waals surface area contributed by atoms with Crippen molar-refractivity contribution in [3.8, 4) is 0 Å². The van der Waals surface area contributed by atoms with Gasteiger partial charge in [-0.3, -0.25) is 14.9 Å². The Morgan fingerprint density at radius 3 is 2.90 bits per heavy atom. The van der Waals surface area contributed by atoms with Crippen molar-refractivity contribution < 1.29 is 14.7 Å². The fourth-order valence-electron chi connectivity index (χ4n) is 1.92. The maximum atomic E-state index is 11.9. The Morgan fingerprint density at radius 1 is 1.38 bits per heavy atom. The summed E-state index contributed by atoms with van der Waals surface area (Å²) in [7, 11) is 0. The second-order valence-electron chi connectivity index (χ2n) is 4.55. The van der Waals surface area contributed by atoms with E-state index in [0.717, 1.165) is 23.7 Å². The number of anilines is 1. The summed E-state index contributed by atoms with van der Waals surface area (Å²) >= 11 is 1.08. The predicted molar refractivity (Wildman–Crippen MR) is 80.4 cm³/mol. The second-order valence-corrected chi connectivity index (χ2v) is 5.07. The molecule has 0 bridgehead atoms. The average Bonchev–Trinajstić information content (AvgIpc) is 2.92. The molecule has 0 aliphatic rings. The number of benzene rings is 1. The van der Waals surface area contributed by atoms with Crippen LogP contribution in [0, 0.1) is 0 Å². The molecule has 1 unspecified atom stereocenters. The lowest BCUT2D eigenvalue weighted by Gasteiger charge is -2.13. The van der Waals surface area contributed by atoms with E-state index in [9.17, 15) is 9.59 Å². The molecule has 0 fully saturated rings. The Kier molecular flexibility index (Phi) is 5.18. The van der Waals surface area contributed by atoms with Crippen LogP contribution in [-0.4, -0.2) is 38.3 Å². The van der Waals surface area contributed by atoms with Gasteiger partial charge in [0.25, 0.3) is 0 Å². The lowest BCUT2D eigenvalue weighted by atomic mass is 10.1. The first kappa shape index (κ1) is 15.3. The number of carbonyl (C=O) groups is 2. The van der Waals surface area contributed by atoms with Gasteiger partial charge in [0.05, 0.1) is 24.0 Å². The van der Waals surface area contributed by atoms with Gasteiger partial charge in [-0.15, -0.1) is 0 Å². The van der Waals surface area contributed by atoms with Crippen LogP contribution in [0.15, 0.2) is 18.2 Å². The van der Waals surface area contributed by atoms with Crippen LogP contribution >= 0.6 is 11.7 Å². The van der Waals surface area contributed by atoms with Crippen molar-refractivity contribution in [1.29, 1.82) is 0 Å². The van der Waals surface area contributed by atoms with Crippen molar-refractivity contribution in [3.05, 3.63) is 18.2 Å². The lowest BCUT2D eigenvalue weighted by Crippen LogP contribution is -2.41. The standard InChI is InChI=1S/C13H16N4O3S/c1-2-4-10(13(19)20)14-7-11(18)15-8-5-3-6-9-12(8)17-21-16-9/h3,5-6,10,14H,2,4,7H2,1H3,(H,15,18)(H,19,20). The normalized spacial score (nSPS) is 12.2. The molecule has 1 aromatic heterocycles. The molecule has 7 nitrogen and oxygen atoms in total. The van der Waals surface area contributed by atoms with Gasteiger partial charge in [-0.25, -0.2) is 0 Å². The number of hydrogen-bond donors (Lipinski definition) is 3. The van der Waals surface area contributed by atoms with Crippen molar-refractivity contribution in [2.24, 2.45) is 0 Å². The first-order chi connectivity index (χ1) is 10.1. The van der Waals surface area contributed by atoms with Crippen LogP contribution in [-0.2, 0) is 9.59 Å². The highest BCUT2D eigenvalue weighted by Crippen LogP contribution is 2.20. The van der Waals surface area contributed by atoms with Crippen LogP contribution in [0.4, 0.5) is 5.69 Å². The second kappa shape index (κ2) is 7.09. The summed E-state index contributed by atoms with van der Waals surface area (Å²) in [6, 6.07) is 4.62. The minimum Gasteiger partial charge on any atom is -0.480 e. The number of aliphatic carboxylic acids is 1. The number of carboxylic acids is 1. The molecule has 0 spiro atoms. The Morgan fingerprint density at radius 2 is 2.19 bits per heavy atom. The summed E-state index contributed by atoms with van der Waals surface area (Å²) in [5.74, 6) is -1.26. The van der Waals surface area contributed by atoms with E-state index in [1.165, 1.54) is 0 Å². The van der Waals surface area contributed by atoms with E-state index < -0.39 is 12.0 Å². The molecule has 1 amide bonds. The molecule has 1 atom stereocenters. The van der Waals surface area contributed by atoms with Crippen LogP contribution in [0.1, 0.15) is 19.8 Å². The predicted octanol–water partition coefficient (Wildman–Crippen LogP) is 1.47. The third-order valence-electron chi connectivity index (χ3n) is 2.94. The number of nitrogens with zero attached hydrogens (tertiary/aromatic N) is 2. The molecule has 1 aromatic carbocycles. The zero-order valence-electron chi connectivity index (χ0n) is 11.5. The van der Waals surface area contributed by atoms with Gasteiger partial charge < -0.3 is 10.4 Å². The number of nitrogens with one attached hydrogen (secondary N) is 2. The monoisotopic (exact) mass is 308 g/mol.